The predicted molar refractivity (Wildman–Crippen MR) is 99.8 cm³/mol. The van der Waals surface area contributed by atoms with Crippen LogP contribution in [0.4, 0.5) is 0 Å². The van der Waals surface area contributed by atoms with E-state index in [-0.39, 0.29) is 26.2 Å². The number of allylic oxidation sites excluding steroid dienone is 4. The number of nitrogens with zero attached hydrogens (tertiary/aromatic N) is 2. The molecule has 0 aromatic heterocycles. The molecule has 0 spiro atoms. The Morgan fingerprint density at radius 3 is 1.68 bits per heavy atom. The van der Waals surface area contributed by atoms with Gasteiger partial charge in [0.05, 0.1) is 0 Å². The Hall–Kier alpha value is -0.237. The van der Waals surface area contributed by atoms with Crippen LogP contribution in [0.15, 0.2) is 43.5 Å². The molecule has 0 atom stereocenters. The molecule has 0 heterocycles. The van der Waals surface area contributed by atoms with E-state index in [9.17, 15) is 0 Å². The molecule has 2 nitrogen and oxygen atoms in total. The molecule has 1 aliphatic carbocycles. The van der Waals surface area contributed by atoms with Crippen molar-refractivity contribution in [1.29, 1.82) is 0 Å². The van der Waals surface area contributed by atoms with Crippen molar-refractivity contribution in [3.63, 3.8) is 0 Å². The molecule has 0 unspecified atom stereocenters. The maximum atomic E-state index is 3.85. The van der Waals surface area contributed by atoms with E-state index < -0.39 is 0 Å². The van der Waals surface area contributed by atoms with Gasteiger partial charge in [-0.25, -0.2) is 12.2 Å². The van der Waals surface area contributed by atoms with Crippen molar-refractivity contribution in [2.45, 2.75) is 39.0 Å². The molecule has 22 heavy (non-hydrogen) atoms. The SMILES string of the molecule is C=CCC[N-]C.C=CCC[N-]C.[C-]1=CC=CC1.[CH2-]CCC.[Zr+4]. The third-order valence-electron chi connectivity index (χ3n) is 2.05. The minimum Gasteiger partial charge on any atom is -0.665 e. The van der Waals surface area contributed by atoms with E-state index in [0.29, 0.717) is 0 Å². The molecule has 0 saturated heterocycles. The van der Waals surface area contributed by atoms with Crippen molar-refractivity contribution < 1.29 is 26.2 Å². The van der Waals surface area contributed by atoms with Crippen LogP contribution in [-0.2, 0) is 26.2 Å². The van der Waals surface area contributed by atoms with E-state index in [4.69, 9.17) is 0 Å². The van der Waals surface area contributed by atoms with Crippen LogP contribution in [0.25, 0.3) is 10.6 Å². The van der Waals surface area contributed by atoms with Gasteiger partial charge in [-0.05, 0) is 0 Å². The minimum atomic E-state index is 0. The number of unbranched alkanes of at least 4 members (excludes halogenated alkanes) is 1. The summed E-state index contributed by atoms with van der Waals surface area (Å²) in [5, 5.41) is 7.71. The van der Waals surface area contributed by atoms with Crippen molar-refractivity contribution in [3.05, 3.63) is 67.2 Å². The van der Waals surface area contributed by atoms with Gasteiger partial charge in [0.25, 0.3) is 0 Å². The second kappa shape index (κ2) is 37.2. The third-order valence-corrected chi connectivity index (χ3v) is 2.05. The van der Waals surface area contributed by atoms with Crippen LogP contribution in [0, 0.1) is 13.0 Å². The number of hydrogen-bond donors (Lipinski definition) is 0. The predicted octanol–water partition coefficient (Wildman–Crippen LogP) is 6.06. The average Bonchev–Trinajstić information content (AvgIpc) is 3.11. The summed E-state index contributed by atoms with van der Waals surface area (Å²) in [6.07, 6.45) is 18.0. The molecule has 0 N–H and O–H groups in total. The molecule has 0 aromatic rings. The van der Waals surface area contributed by atoms with Gasteiger partial charge in [0.1, 0.15) is 0 Å². The Labute approximate surface area is 159 Å². The van der Waals surface area contributed by atoms with Gasteiger partial charge >= 0.3 is 26.2 Å². The summed E-state index contributed by atoms with van der Waals surface area (Å²) in [4.78, 5) is 0. The largest absolute Gasteiger partial charge is 4.00 e. The van der Waals surface area contributed by atoms with Gasteiger partial charge in [-0.15, -0.1) is 32.7 Å². The molecular weight excluding hydrogens is 347 g/mol. The first-order chi connectivity index (χ1) is 10.2. The second-order valence-corrected chi connectivity index (χ2v) is 4.09. The fourth-order valence-corrected chi connectivity index (χ4v) is 0.781. The van der Waals surface area contributed by atoms with Crippen LogP contribution in [0.5, 0.6) is 0 Å². The van der Waals surface area contributed by atoms with Gasteiger partial charge in [0.2, 0.25) is 0 Å². The molecule has 124 valence electrons. The molecular formula is C19H34N2Zr. The monoisotopic (exact) mass is 380 g/mol. The Kier molecular flexibility index (Phi) is 50.3. The topological polar surface area (TPSA) is 28.2 Å². The van der Waals surface area contributed by atoms with Gasteiger partial charge in [-0.2, -0.15) is 26.6 Å². The molecule has 0 aliphatic heterocycles. The van der Waals surface area contributed by atoms with Crippen LogP contribution in [0.3, 0.4) is 0 Å². The van der Waals surface area contributed by atoms with Gasteiger partial charge < -0.3 is 17.6 Å². The molecule has 0 radical (unpaired) electrons. The van der Waals surface area contributed by atoms with E-state index in [1.165, 1.54) is 6.42 Å². The first kappa shape index (κ1) is 29.7. The number of rotatable bonds is 7. The summed E-state index contributed by atoms with van der Waals surface area (Å²) in [7, 11) is 3.62. The first-order valence-electron chi connectivity index (χ1n) is 7.58. The molecule has 1 aliphatic rings. The second-order valence-electron chi connectivity index (χ2n) is 4.09. The Morgan fingerprint density at radius 2 is 1.59 bits per heavy atom. The number of hydrogen-bond acceptors (Lipinski definition) is 0. The summed E-state index contributed by atoms with van der Waals surface area (Å²) in [6.45, 7) is 14.6. The van der Waals surface area contributed by atoms with E-state index in [0.717, 1.165) is 38.8 Å². The zero-order valence-electron chi connectivity index (χ0n) is 14.9. The van der Waals surface area contributed by atoms with Crippen molar-refractivity contribution in [2.24, 2.45) is 0 Å². The average molecular weight is 382 g/mol. The summed E-state index contributed by atoms with van der Waals surface area (Å²) < 4.78 is 0. The van der Waals surface area contributed by atoms with Crippen LogP contribution in [0.2, 0.25) is 0 Å². The fraction of sp³-hybridized carbons (Fsp3) is 0.526. The third kappa shape index (κ3) is 50.3. The normalized spacial score (nSPS) is 9.82. The van der Waals surface area contributed by atoms with Gasteiger partial charge in [-0.1, -0.05) is 38.3 Å². The molecule has 0 amide bonds. The summed E-state index contributed by atoms with van der Waals surface area (Å²) in [5.41, 5.74) is 0. The maximum Gasteiger partial charge on any atom is 4.00 e. The van der Waals surface area contributed by atoms with Crippen LogP contribution < -0.4 is 0 Å². The first-order valence-corrected chi connectivity index (χ1v) is 7.58. The summed E-state index contributed by atoms with van der Waals surface area (Å²) in [5.74, 6) is 0. The molecule has 1 rings (SSSR count). The Bertz CT molecular complexity index is 212. The van der Waals surface area contributed by atoms with Gasteiger partial charge in [-0.3, -0.25) is 6.08 Å². The molecule has 0 fully saturated rings. The van der Waals surface area contributed by atoms with Crippen LogP contribution in [0.1, 0.15) is 39.0 Å². The van der Waals surface area contributed by atoms with Crippen LogP contribution >= 0.6 is 0 Å². The van der Waals surface area contributed by atoms with E-state index >= 15 is 0 Å². The molecule has 0 bridgehead atoms. The smallest absolute Gasteiger partial charge is 0.665 e. The molecule has 3 heteroatoms. The zero-order valence-corrected chi connectivity index (χ0v) is 17.3. The van der Waals surface area contributed by atoms with Crippen molar-refractivity contribution in [2.75, 3.05) is 27.2 Å². The standard InChI is InChI=1S/2C5H10N.C5H5.C4H9.Zr/c2*1-3-4-5-6-2;1-2-4-5-3-1;1-3-4-2;/h2*3H,1,4-5H2,2H3;1-3H,4H2;1,3-4H2,2H3;/q4*-1;+4. The van der Waals surface area contributed by atoms with Crippen LogP contribution in [-0.4, -0.2) is 27.2 Å². The van der Waals surface area contributed by atoms with Gasteiger partial charge in [0.15, 0.2) is 0 Å². The van der Waals surface area contributed by atoms with Crippen molar-refractivity contribution in [3.8, 4) is 0 Å². The van der Waals surface area contributed by atoms with Crippen molar-refractivity contribution in [1.82, 2.24) is 0 Å². The fourth-order valence-electron chi connectivity index (χ4n) is 0.781. The Balaban J connectivity index is -0.0000000977. The summed E-state index contributed by atoms with van der Waals surface area (Å²) in [6, 6.07) is 0. The minimum absolute atomic E-state index is 0. The Morgan fingerprint density at radius 1 is 1.14 bits per heavy atom. The van der Waals surface area contributed by atoms with E-state index in [1.807, 2.05) is 38.4 Å². The maximum absolute atomic E-state index is 3.85. The van der Waals surface area contributed by atoms with Crippen molar-refractivity contribution >= 4 is 0 Å². The van der Waals surface area contributed by atoms with E-state index in [2.05, 4.69) is 49.8 Å². The molecule has 0 aromatic carbocycles. The zero-order chi connectivity index (χ0) is 16.6. The quantitative estimate of drug-likeness (QED) is 0.291. The summed E-state index contributed by atoms with van der Waals surface area (Å²) >= 11 is 0. The molecule has 0 saturated carbocycles. The van der Waals surface area contributed by atoms with E-state index in [1.54, 1.807) is 0 Å². The van der Waals surface area contributed by atoms with Gasteiger partial charge in [0, 0.05) is 0 Å².